The molecule has 0 saturated carbocycles. The van der Waals surface area contributed by atoms with Crippen molar-refractivity contribution in [2.24, 2.45) is 0 Å². The summed E-state index contributed by atoms with van der Waals surface area (Å²) in [6.45, 7) is 4.78. The van der Waals surface area contributed by atoms with Crippen molar-refractivity contribution in [1.29, 1.82) is 0 Å². The average Bonchev–Trinajstić information content (AvgIpc) is 2.79. The first-order valence-electron chi connectivity index (χ1n) is 5.62. The second-order valence-corrected chi connectivity index (χ2v) is 5.14. The minimum atomic E-state index is 0.185. The van der Waals surface area contributed by atoms with E-state index >= 15 is 0 Å². The van der Waals surface area contributed by atoms with Crippen LogP contribution in [-0.4, -0.2) is 29.9 Å². The van der Waals surface area contributed by atoms with Crippen molar-refractivity contribution < 1.29 is 4.74 Å². The minimum Gasteiger partial charge on any atom is -0.383 e. The summed E-state index contributed by atoms with van der Waals surface area (Å²) in [5, 5.41) is 10.1. The van der Waals surface area contributed by atoms with Gasteiger partial charge in [0.2, 0.25) is 0 Å². The van der Waals surface area contributed by atoms with Gasteiger partial charge in [0.1, 0.15) is 5.01 Å². The van der Waals surface area contributed by atoms with E-state index in [-0.39, 0.29) is 12.1 Å². The molecule has 96 valence electrons. The SMILES string of the molecule is CCC(NC(=S)NC(C)COC)c1nccs1. The number of nitrogens with one attached hydrogen (secondary N) is 2. The van der Waals surface area contributed by atoms with Crippen LogP contribution in [0.1, 0.15) is 31.3 Å². The van der Waals surface area contributed by atoms with Gasteiger partial charge in [0, 0.05) is 24.7 Å². The maximum atomic E-state index is 5.26. The van der Waals surface area contributed by atoms with Crippen LogP contribution in [0.5, 0.6) is 0 Å². The van der Waals surface area contributed by atoms with Gasteiger partial charge in [-0.2, -0.15) is 0 Å². The topological polar surface area (TPSA) is 46.2 Å². The number of aromatic nitrogens is 1. The van der Waals surface area contributed by atoms with Crippen molar-refractivity contribution in [1.82, 2.24) is 15.6 Å². The highest BCUT2D eigenvalue weighted by Crippen LogP contribution is 2.18. The van der Waals surface area contributed by atoms with Crippen molar-refractivity contribution in [3.63, 3.8) is 0 Å². The fourth-order valence-electron chi connectivity index (χ4n) is 1.46. The summed E-state index contributed by atoms with van der Waals surface area (Å²) in [5.41, 5.74) is 0. The van der Waals surface area contributed by atoms with Gasteiger partial charge in [-0.25, -0.2) is 4.98 Å². The van der Waals surface area contributed by atoms with Gasteiger partial charge in [-0.15, -0.1) is 11.3 Å². The first-order valence-corrected chi connectivity index (χ1v) is 6.91. The summed E-state index contributed by atoms with van der Waals surface area (Å²) >= 11 is 6.90. The lowest BCUT2D eigenvalue weighted by atomic mass is 10.2. The standard InChI is InChI=1S/C11H19N3OS2/c1-4-9(10-12-5-6-17-10)14-11(16)13-8(2)7-15-3/h5-6,8-9H,4,7H2,1-3H3,(H2,13,14,16). The van der Waals surface area contributed by atoms with Crippen LogP contribution in [0.15, 0.2) is 11.6 Å². The lowest BCUT2D eigenvalue weighted by molar-refractivity contribution is 0.179. The fraction of sp³-hybridized carbons (Fsp3) is 0.636. The molecule has 6 heteroatoms. The van der Waals surface area contributed by atoms with Crippen LogP contribution in [0.4, 0.5) is 0 Å². The second kappa shape index (κ2) is 7.58. The molecule has 2 atom stereocenters. The summed E-state index contributed by atoms with van der Waals surface area (Å²) in [6.07, 6.45) is 2.77. The van der Waals surface area contributed by atoms with Gasteiger partial charge < -0.3 is 15.4 Å². The Morgan fingerprint density at radius 1 is 1.59 bits per heavy atom. The maximum Gasteiger partial charge on any atom is 0.167 e. The van der Waals surface area contributed by atoms with Crippen LogP contribution in [-0.2, 0) is 4.74 Å². The van der Waals surface area contributed by atoms with E-state index in [9.17, 15) is 0 Å². The molecular weight excluding hydrogens is 254 g/mol. The number of rotatable bonds is 6. The van der Waals surface area contributed by atoms with E-state index in [4.69, 9.17) is 17.0 Å². The van der Waals surface area contributed by atoms with Gasteiger partial charge in [0.15, 0.2) is 5.11 Å². The Hall–Kier alpha value is -0.720. The first kappa shape index (κ1) is 14.3. The van der Waals surface area contributed by atoms with Crippen LogP contribution in [0.2, 0.25) is 0 Å². The smallest absolute Gasteiger partial charge is 0.167 e. The number of thiazole rings is 1. The van der Waals surface area contributed by atoms with E-state index in [0.717, 1.165) is 11.4 Å². The molecule has 0 amide bonds. The Balaban J connectivity index is 2.43. The summed E-state index contributed by atoms with van der Waals surface area (Å²) in [7, 11) is 1.68. The third-order valence-electron chi connectivity index (χ3n) is 2.26. The van der Waals surface area contributed by atoms with E-state index in [2.05, 4.69) is 22.5 Å². The van der Waals surface area contributed by atoms with Crippen molar-refractivity contribution in [3.05, 3.63) is 16.6 Å². The zero-order valence-corrected chi connectivity index (χ0v) is 12.0. The zero-order valence-electron chi connectivity index (χ0n) is 10.4. The van der Waals surface area contributed by atoms with Crippen molar-refractivity contribution in [2.45, 2.75) is 32.4 Å². The summed E-state index contributed by atoms with van der Waals surface area (Å²) < 4.78 is 5.05. The fourth-order valence-corrected chi connectivity index (χ4v) is 2.58. The Morgan fingerprint density at radius 3 is 2.88 bits per heavy atom. The van der Waals surface area contributed by atoms with E-state index < -0.39 is 0 Å². The lowest BCUT2D eigenvalue weighted by Crippen LogP contribution is -2.43. The van der Waals surface area contributed by atoms with Gasteiger partial charge >= 0.3 is 0 Å². The molecule has 0 aliphatic rings. The van der Waals surface area contributed by atoms with Gasteiger partial charge in [-0.3, -0.25) is 0 Å². The first-order chi connectivity index (χ1) is 8.17. The Labute approximate surface area is 112 Å². The largest absolute Gasteiger partial charge is 0.383 e. The van der Waals surface area contributed by atoms with Crippen molar-refractivity contribution in [3.8, 4) is 0 Å². The van der Waals surface area contributed by atoms with Gasteiger partial charge in [-0.05, 0) is 25.6 Å². The van der Waals surface area contributed by atoms with Crippen LogP contribution in [0, 0.1) is 0 Å². The van der Waals surface area contributed by atoms with Crippen LogP contribution < -0.4 is 10.6 Å². The van der Waals surface area contributed by atoms with E-state index in [1.54, 1.807) is 18.4 Å². The highest BCUT2D eigenvalue weighted by Gasteiger charge is 2.13. The summed E-state index contributed by atoms with van der Waals surface area (Å²) in [6, 6.07) is 0.388. The van der Waals surface area contributed by atoms with Crippen LogP contribution >= 0.6 is 23.6 Å². The predicted molar refractivity (Wildman–Crippen MR) is 75.4 cm³/mol. The monoisotopic (exact) mass is 273 g/mol. The molecular formula is C11H19N3OS2. The molecule has 4 nitrogen and oxygen atoms in total. The van der Waals surface area contributed by atoms with E-state index in [0.29, 0.717) is 11.7 Å². The third-order valence-corrected chi connectivity index (χ3v) is 3.38. The van der Waals surface area contributed by atoms with Crippen LogP contribution in [0.25, 0.3) is 0 Å². The molecule has 0 saturated heterocycles. The Morgan fingerprint density at radius 2 is 2.35 bits per heavy atom. The highest BCUT2D eigenvalue weighted by molar-refractivity contribution is 7.80. The minimum absolute atomic E-state index is 0.185. The Kier molecular flexibility index (Phi) is 6.39. The summed E-state index contributed by atoms with van der Waals surface area (Å²) in [4.78, 5) is 4.30. The molecule has 1 rings (SSSR count). The maximum absolute atomic E-state index is 5.26. The summed E-state index contributed by atoms with van der Waals surface area (Å²) in [5.74, 6) is 0. The van der Waals surface area contributed by atoms with Crippen molar-refractivity contribution in [2.75, 3.05) is 13.7 Å². The lowest BCUT2D eigenvalue weighted by Gasteiger charge is -2.20. The van der Waals surface area contributed by atoms with E-state index in [1.165, 1.54) is 0 Å². The molecule has 0 aromatic carbocycles. The number of hydrogen-bond donors (Lipinski definition) is 2. The molecule has 0 aliphatic heterocycles. The highest BCUT2D eigenvalue weighted by atomic mass is 32.1. The van der Waals surface area contributed by atoms with Crippen LogP contribution in [0.3, 0.4) is 0 Å². The molecule has 2 unspecified atom stereocenters. The predicted octanol–water partition coefficient (Wildman–Crippen LogP) is 2.09. The van der Waals surface area contributed by atoms with Gasteiger partial charge in [0.05, 0.1) is 12.6 Å². The third kappa shape index (κ3) is 4.97. The van der Waals surface area contributed by atoms with Gasteiger partial charge in [0.25, 0.3) is 0 Å². The molecule has 0 spiro atoms. The zero-order chi connectivity index (χ0) is 12.7. The quantitative estimate of drug-likeness (QED) is 0.777. The number of nitrogens with zero attached hydrogens (tertiary/aromatic N) is 1. The Bertz CT molecular complexity index is 329. The molecule has 1 aromatic heterocycles. The molecule has 0 fully saturated rings. The number of ether oxygens (including phenoxy) is 1. The average molecular weight is 273 g/mol. The molecule has 17 heavy (non-hydrogen) atoms. The van der Waals surface area contributed by atoms with Crippen molar-refractivity contribution >= 4 is 28.7 Å². The molecule has 0 aliphatic carbocycles. The normalized spacial score (nSPS) is 14.1. The molecule has 0 radical (unpaired) electrons. The number of thiocarbonyl (C=S) groups is 1. The second-order valence-electron chi connectivity index (χ2n) is 3.81. The van der Waals surface area contributed by atoms with Gasteiger partial charge in [-0.1, -0.05) is 6.92 Å². The number of methoxy groups -OCH3 is 1. The molecule has 2 N–H and O–H groups in total. The van der Waals surface area contributed by atoms with E-state index in [1.807, 2.05) is 18.5 Å². The number of hydrogen-bond acceptors (Lipinski definition) is 4. The molecule has 0 bridgehead atoms. The molecule has 1 aromatic rings. The molecule has 1 heterocycles.